The van der Waals surface area contributed by atoms with Gasteiger partial charge in [-0.25, -0.2) is 10.8 Å². The molecule has 0 saturated heterocycles. The van der Waals surface area contributed by atoms with Crippen LogP contribution in [0, 0.1) is 6.92 Å². The molecule has 0 bridgehead atoms. The quantitative estimate of drug-likeness (QED) is 0.343. The summed E-state index contributed by atoms with van der Waals surface area (Å²) in [5, 5.41) is 3.48. The zero-order valence-corrected chi connectivity index (χ0v) is 12.7. The zero-order valence-electron chi connectivity index (χ0n) is 11.9. The summed E-state index contributed by atoms with van der Waals surface area (Å²) < 4.78 is 0. The number of aliphatic imine (C=N–C) groups is 1. The van der Waals surface area contributed by atoms with Crippen LogP contribution in [-0.2, 0) is 6.54 Å². The van der Waals surface area contributed by atoms with Crippen LogP contribution in [0.5, 0.6) is 0 Å². The molecule has 0 saturated carbocycles. The number of hydrogen-bond donors (Lipinski definition) is 3. The van der Waals surface area contributed by atoms with Crippen molar-refractivity contribution in [3.05, 3.63) is 51.5 Å². The molecule has 0 aliphatic rings. The van der Waals surface area contributed by atoms with Crippen LogP contribution in [0.15, 0.2) is 35.3 Å². The molecule has 2 rings (SSSR count). The monoisotopic (exact) mass is 303 g/mol. The van der Waals surface area contributed by atoms with Gasteiger partial charge in [0.25, 0.3) is 5.91 Å². The molecular weight excluding hydrogens is 286 g/mol. The number of hydrazine groups is 1. The zero-order chi connectivity index (χ0) is 15.2. The summed E-state index contributed by atoms with van der Waals surface area (Å²) in [6.45, 7) is 2.28. The number of amides is 1. The number of thiazole rings is 1. The highest BCUT2D eigenvalue weighted by Gasteiger charge is 2.17. The van der Waals surface area contributed by atoms with E-state index in [4.69, 9.17) is 5.84 Å². The van der Waals surface area contributed by atoms with Crippen molar-refractivity contribution in [1.29, 1.82) is 0 Å². The van der Waals surface area contributed by atoms with Crippen molar-refractivity contribution >= 4 is 23.1 Å². The Balaban J connectivity index is 2.09. The predicted molar refractivity (Wildman–Crippen MR) is 84.2 cm³/mol. The number of nitrogens with one attached hydrogen (secondary N) is 2. The van der Waals surface area contributed by atoms with E-state index in [0.717, 1.165) is 5.56 Å². The minimum atomic E-state index is -0.146. The van der Waals surface area contributed by atoms with Gasteiger partial charge in [0.15, 0.2) is 10.8 Å². The topological polar surface area (TPSA) is 92.4 Å². The molecule has 7 heteroatoms. The molecule has 0 fully saturated rings. The van der Waals surface area contributed by atoms with Crippen molar-refractivity contribution in [2.45, 2.75) is 13.5 Å². The highest BCUT2D eigenvalue weighted by Crippen LogP contribution is 2.18. The average Bonchev–Trinajstić information content (AvgIpc) is 2.89. The number of hydrogen-bond acceptors (Lipinski definition) is 5. The van der Waals surface area contributed by atoms with Crippen LogP contribution in [0.2, 0.25) is 0 Å². The SMILES string of the molecule is CN=C(NN)c1nc(C)c(C(=O)NCc2ccccc2)s1. The second kappa shape index (κ2) is 6.96. The third kappa shape index (κ3) is 3.65. The third-order valence-corrected chi connectivity index (χ3v) is 4.02. The molecule has 0 aliphatic carbocycles. The average molecular weight is 303 g/mol. The number of amidine groups is 1. The first-order valence-electron chi connectivity index (χ1n) is 6.39. The summed E-state index contributed by atoms with van der Waals surface area (Å²) in [6.07, 6.45) is 0. The first-order chi connectivity index (χ1) is 10.2. The van der Waals surface area contributed by atoms with Gasteiger partial charge in [0.05, 0.1) is 5.69 Å². The maximum Gasteiger partial charge on any atom is 0.263 e. The van der Waals surface area contributed by atoms with Crippen LogP contribution >= 0.6 is 11.3 Å². The molecule has 0 radical (unpaired) electrons. The Morgan fingerprint density at radius 1 is 1.38 bits per heavy atom. The molecule has 0 aliphatic heterocycles. The Labute approximate surface area is 127 Å². The summed E-state index contributed by atoms with van der Waals surface area (Å²) in [5.41, 5.74) is 4.18. The van der Waals surface area contributed by atoms with Crippen molar-refractivity contribution in [2.24, 2.45) is 10.8 Å². The van der Waals surface area contributed by atoms with Crippen molar-refractivity contribution in [2.75, 3.05) is 7.05 Å². The molecular formula is C14H17N5OS. The molecule has 1 amide bonds. The molecule has 2 aromatic rings. The maximum absolute atomic E-state index is 12.2. The van der Waals surface area contributed by atoms with Gasteiger partial charge in [0.2, 0.25) is 0 Å². The smallest absolute Gasteiger partial charge is 0.263 e. The number of nitrogens with two attached hydrogens (primary N) is 1. The van der Waals surface area contributed by atoms with Crippen LogP contribution in [0.1, 0.15) is 25.9 Å². The van der Waals surface area contributed by atoms with Gasteiger partial charge in [-0.3, -0.25) is 9.79 Å². The van der Waals surface area contributed by atoms with Gasteiger partial charge in [-0.05, 0) is 12.5 Å². The van der Waals surface area contributed by atoms with Crippen molar-refractivity contribution < 1.29 is 4.79 Å². The van der Waals surface area contributed by atoms with E-state index in [0.29, 0.717) is 28.0 Å². The lowest BCUT2D eigenvalue weighted by Crippen LogP contribution is -2.30. The maximum atomic E-state index is 12.2. The molecule has 0 atom stereocenters. The fraction of sp³-hybridized carbons (Fsp3) is 0.214. The number of nitrogens with zero attached hydrogens (tertiary/aromatic N) is 2. The lowest BCUT2D eigenvalue weighted by atomic mass is 10.2. The Bertz CT molecular complexity index is 651. The molecule has 0 spiro atoms. The molecule has 6 nitrogen and oxygen atoms in total. The first kappa shape index (κ1) is 15.1. The van der Waals surface area contributed by atoms with Crippen molar-refractivity contribution in [1.82, 2.24) is 15.7 Å². The molecule has 110 valence electrons. The number of benzene rings is 1. The normalized spacial score (nSPS) is 11.3. The van der Waals surface area contributed by atoms with E-state index in [1.54, 1.807) is 14.0 Å². The molecule has 4 N–H and O–H groups in total. The van der Waals surface area contributed by atoms with Gasteiger partial charge in [0.1, 0.15) is 4.88 Å². The number of rotatable bonds is 4. The number of aryl methyl sites for hydroxylation is 1. The lowest BCUT2D eigenvalue weighted by Gasteiger charge is -2.03. The van der Waals surface area contributed by atoms with Crippen LogP contribution in [0.4, 0.5) is 0 Å². The van der Waals surface area contributed by atoms with E-state index in [2.05, 4.69) is 20.7 Å². The second-order valence-corrected chi connectivity index (χ2v) is 5.32. The van der Waals surface area contributed by atoms with Gasteiger partial charge in [0, 0.05) is 13.6 Å². The van der Waals surface area contributed by atoms with Crippen molar-refractivity contribution in [3.63, 3.8) is 0 Å². The Morgan fingerprint density at radius 2 is 2.10 bits per heavy atom. The lowest BCUT2D eigenvalue weighted by molar-refractivity contribution is 0.0954. The minimum absolute atomic E-state index is 0.146. The number of carbonyl (C=O) groups is 1. The van der Waals surface area contributed by atoms with Gasteiger partial charge in [-0.15, -0.1) is 11.3 Å². The molecule has 1 aromatic carbocycles. The minimum Gasteiger partial charge on any atom is -0.347 e. The molecule has 1 aromatic heterocycles. The largest absolute Gasteiger partial charge is 0.347 e. The van der Waals surface area contributed by atoms with Crippen LogP contribution in [-0.4, -0.2) is 23.8 Å². The highest BCUT2D eigenvalue weighted by atomic mass is 32.1. The van der Waals surface area contributed by atoms with Crippen molar-refractivity contribution in [3.8, 4) is 0 Å². The Morgan fingerprint density at radius 3 is 2.71 bits per heavy atom. The third-order valence-electron chi connectivity index (χ3n) is 2.86. The van der Waals surface area contributed by atoms with E-state index in [1.807, 2.05) is 30.3 Å². The number of carbonyl (C=O) groups excluding carboxylic acids is 1. The summed E-state index contributed by atoms with van der Waals surface area (Å²) in [6, 6.07) is 9.75. The number of aromatic nitrogens is 1. The predicted octanol–water partition coefficient (Wildman–Crippen LogP) is 1.22. The summed E-state index contributed by atoms with van der Waals surface area (Å²) in [4.78, 5) is 21.1. The summed E-state index contributed by atoms with van der Waals surface area (Å²) in [5.74, 6) is 5.69. The Kier molecular flexibility index (Phi) is 5.02. The van der Waals surface area contributed by atoms with Gasteiger partial charge in [-0.2, -0.15) is 0 Å². The molecule has 0 unspecified atom stereocenters. The van der Waals surface area contributed by atoms with E-state index in [1.165, 1.54) is 11.3 Å². The van der Waals surface area contributed by atoms with Gasteiger partial charge < -0.3 is 10.7 Å². The van der Waals surface area contributed by atoms with E-state index in [9.17, 15) is 4.79 Å². The van der Waals surface area contributed by atoms with E-state index >= 15 is 0 Å². The van der Waals surface area contributed by atoms with Gasteiger partial charge >= 0.3 is 0 Å². The highest BCUT2D eigenvalue weighted by molar-refractivity contribution is 7.15. The molecule has 21 heavy (non-hydrogen) atoms. The fourth-order valence-electron chi connectivity index (χ4n) is 1.79. The van der Waals surface area contributed by atoms with Crippen LogP contribution < -0.4 is 16.6 Å². The standard InChI is InChI=1S/C14H17N5OS/c1-9-11(21-14(18-9)12(16-2)19-15)13(20)17-8-10-6-4-3-5-7-10/h3-7H,8,15H2,1-2H3,(H,16,19)(H,17,20). The van der Waals surface area contributed by atoms with E-state index < -0.39 is 0 Å². The fourth-order valence-corrected chi connectivity index (χ4v) is 2.77. The summed E-state index contributed by atoms with van der Waals surface area (Å²) >= 11 is 1.26. The van der Waals surface area contributed by atoms with Crippen LogP contribution in [0.3, 0.4) is 0 Å². The molecule has 1 heterocycles. The Hall–Kier alpha value is -2.25. The van der Waals surface area contributed by atoms with Crippen LogP contribution in [0.25, 0.3) is 0 Å². The van der Waals surface area contributed by atoms with Gasteiger partial charge in [-0.1, -0.05) is 30.3 Å². The first-order valence-corrected chi connectivity index (χ1v) is 7.20. The van der Waals surface area contributed by atoms with E-state index in [-0.39, 0.29) is 5.91 Å². The summed E-state index contributed by atoms with van der Waals surface area (Å²) in [7, 11) is 1.61. The second-order valence-electron chi connectivity index (χ2n) is 4.32.